The highest BCUT2D eigenvalue weighted by Crippen LogP contribution is 2.35. The lowest BCUT2D eigenvalue weighted by Crippen LogP contribution is -2.20. The second kappa shape index (κ2) is 10.7. The van der Waals surface area contributed by atoms with Crippen LogP contribution in [0.15, 0.2) is 53.6 Å². The largest absolute Gasteiger partial charge is 0.394 e. The number of nitrogens with zero attached hydrogens (tertiary/aromatic N) is 2. The molecule has 13 heteroatoms. The van der Waals surface area contributed by atoms with Crippen LogP contribution >= 0.6 is 23.2 Å². The Hall–Kier alpha value is -3.09. The number of halogens is 4. The number of benzene rings is 3. The average molecular weight is 569 g/mol. The molecule has 0 spiro atoms. The summed E-state index contributed by atoms with van der Waals surface area (Å²) in [5, 5.41) is 21.7. The first-order valence-electron chi connectivity index (χ1n) is 10.8. The topological polar surface area (TPSA) is 124 Å². The maximum atomic E-state index is 15.5. The van der Waals surface area contributed by atoms with Gasteiger partial charge in [-0.15, -0.1) is 0 Å². The van der Waals surface area contributed by atoms with Gasteiger partial charge in [-0.25, -0.2) is 27.2 Å². The molecule has 8 nitrogen and oxygen atoms in total. The lowest BCUT2D eigenvalue weighted by Gasteiger charge is -2.15. The van der Waals surface area contributed by atoms with E-state index in [4.69, 9.17) is 23.2 Å². The Morgan fingerprint density at radius 2 is 1.84 bits per heavy atom. The van der Waals surface area contributed by atoms with Crippen molar-refractivity contribution in [1.82, 2.24) is 9.97 Å². The summed E-state index contributed by atoms with van der Waals surface area (Å²) in [6.45, 7) is 1.06. The third-order valence-corrected chi connectivity index (χ3v) is 7.56. The molecule has 0 aliphatic heterocycles. The van der Waals surface area contributed by atoms with E-state index in [0.717, 1.165) is 18.2 Å². The molecular formula is C24H20Cl2F2N4O4S. The van der Waals surface area contributed by atoms with Crippen molar-refractivity contribution in [3.05, 3.63) is 75.9 Å². The minimum absolute atomic E-state index is 0.00310. The van der Waals surface area contributed by atoms with E-state index >= 15 is 4.39 Å². The molecule has 0 unspecified atom stereocenters. The molecule has 3 aromatic carbocycles. The van der Waals surface area contributed by atoms with E-state index in [1.807, 2.05) is 0 Å². The van der Waals surface area contributed by atoms with Crippen molar-refractivity contribution in [1.29, 1.82) is 0 Å². The zero-order valence-electron chi connectivity index (χ0n) is 19.1. The Balaban J connectivity index is 1.73. The number of fused-ring (bicyclic) bond motifs is 1. The minimum Gasteiger partial charge on any atom is -0.394 e. The predicted octanol–water partition coefficient (Wildman–Crippen LogP) is 4.97. The standard InChI is InChI=1S/C24H20Cl2F2N4O4S/c1-12(10-33)30-24-29-9-14-6-13(2-4-18(14)31-24)21-17(27)3-5-19(23(21)28)32-37(35,36)20-8-16(25)7-15(11-34)22(20)26/h2-9,12,32-34H,10-11H2,1H3,(H,29,30,31)/t12-/m1/s1. The van der Waals surface area contributed by atoms with E-state index in [1.165, 1.54) is 24.4 Å². The van der Waals surface area contributed by atoms with Crippen molar-refractivity contribution in [3.8, 4) is 11.1 Å². The molecular weight excluding hydrogens is 549 g/mol. The summed E-state index contributed by atoms with van der Waals surface area (Å²) in [7, 11) is -4.47. The lowest BCUT2D eigenvalue weighted by molar-refractivity contribution is 0.281. The fourth-order valence-corrected chi connectivity index (χ4v) is 5.53. The van der Waals surface area contributed by atoms with Crippen LogP contribution in [0.5, 0.6) is 0 Å². The summed E-state index contributed by atoms with van der Waals surface area (Å²) in [5.74, 6) is -1.79. The number of aliphatic hydroxyl groups excluding tert-OH is 2. The second-order valence-electron chi connectivity index (χ2n) is 8.12. The maximum Gasteiger partial charge on any atom is 0.263 e. The third kappa shape index (κ3) is 5.60. The second-order valence-corrected chi connectivity index (χ2v) is 10.6. The molecule has 0 aliphatic rings. The van der Waals surface area contributed by atoms with Gasteiger partial charge in [-0.1, -0.05) is 29.3 Å². The Labute approximate surface area is 221 Å². The SMILES string of the molecule is C[C@H](CO)Nc1ncc2cc(-c3c(F)ccc(NS(=O)(=O)c4cc(Cl)cc(CO)c4Cl)c3F)ccc2n1. The van der Waals surface area contributed by atoms with Gasteiger partial charge in [-0.3, -0.25) is 4.72 Å². The van der Waals surface area contributed by atoms with Gasteiger partial charge < -0.3 is 15.5 Å². The van der Waals surface area contributed by atoms with Crippen LogP contribution in [0.2, 0.25) is 10.0 Å². The molecule has 1 atom stereocenters. The minimum atomic E-state index is -4.47. The van der Waals surface area contributed by atoms with Crippen molar-refractivity contribution in [2.75, 3.05) is 16.6 Å². The molecule has 0 aliphatic carbocycles. The molecule has 0 bridgehead atoms. The summed E-state index contributed by atoms with van der Waals surface area (Å²) in [6, 6.07) is 8.41. The molecule has 4 N–H and O–H groups in total. The quantitative estimate of drug-likeness (QED) is 0.236. The summed E-state index contributed by atoms with van der Waals surface area (Å²) in [4.78, 5) is 7.99. The third-order valence-electron chi connectivity index (χ3n) is 5.39. The molecule has 4 aromatic rings. The predicted molar refractivity (Wildman–Crippen MR) is 138 cm³/mol. The Morgan fingerprint density at radius 3 is 2.54 bits per heavy atom. The van der Waals surface area contributed by atoms with Gasteiger partial charge in [-0.2, -0.15) is 0 Å². The highest BCUT2D eigenvalue weighted by Gasteiger charge is 2.25. The fourth-order valence-electron chi connectivity index (χ4n) is 3.55. The first-order chi connectivity index (χ1) is 17.5. The molecule has 0 amide bonds. The number of sulfonamides is 1. The zero-order chi connectivity index (χ0) is 26.9. The van der Waals surface area contributed by atoms with Crippen molar-refractivity contribution >= 4 is 55.8 Å². The van der Waals surface area contributed by atoms with Crippen LogP contribution in [0.25, 0.3) is 22.0 Å². The first-order valence-corrected chi connectivity index (χ1v) is 13.0. The van der Waals surface area contributed by atoms with E-state index < -0.39 is 44.4 Å². The maximum absolute atomic E-state index is 15.5. The smallest absolute Gasteiger partial charge is 0.263 e. The van der Waals surface area contributed by atoms with E-state index in [9.17, 15) is 23.0 Å². The number of aromatic nitrogens is 2. The number of hydrogen-bond donors (Lipinski definition) is 4. The van der Waals surface area contributed by atoms with Crippen LogP contribution in [0.1, 0.15) is 12.5 Å². The van der Waals surface area contributed by atoms with Gasteiger partial charge in [0.05, 0.1) is 35.0 Å². The molecule has 194 valence electrons. The van der Waals surface area contributed by atoms with Crippen LogP contribution < -0.4 is 10.0 Å². The molecule has 37 heavy (non-hydrogen) atoms. The lowest BCUT2D eigenvalue weighted by atomic mass is 10.0. The van der Waals surface area contributed by atoms with Gasteiger partial charge in [-0.05, 0) is 54.4 Å². The van der Waals surface area contributed by atoms with Crippen molar-refractivity contribution in [2.45, 2.75) is 24.5 Å². The molecule has 0 fully saturated rings. The van der Waals surface area contributed by atoms with E-state index in [-0.39, 0.29) is 39.8 Å². The van der Waals surface area contributed by atoms with Crippen molar-refractivity contribution < 1.29 is 27.4 Å². The number of rotatable bonds is 8. The monoisotopic (exact) mass is 568 g/mol. The van der Waals surface area contributed by atoms with Crippen LogP contribution in [0, 0.1) is 11.6 Å². The van der Waals surface area contributed by atoms with Gasteiger partial charge in [0.25, 0.3) is 10.0 Å². The Morgan fingerprint density at radius 1 is 1.08 bits per heavy atom. The zero-order valence-corrected chi connectivity index (χ0v) is 21.5. The van der Waals surface area contributed by atoms with Gasteiger partial charge >= 0.3 is 0 Å². The van der Waals surface area contributed by atoms with Crippen LogP contribution in [0.4, 0.5) is 20.4 Å². The summed E-state index contributed by atoms with van der Waals surface area (Å²) in [6.07, 6.45) is 1.46. The van der Waals surface area contributed by atoms with E-state index in [1.54, 1.807) is 13.0 Å². The number of anilines is 2. The summed E-state index contributed by atoms with van der Waals surface area (Å²) in [5.41, 5.74) is -0.310. The number of hydrogen-bond acceptors (Lipinski definition) is 7. The number of aliphatic hydroxyl groups is 2. The van der Waals surface area contributed by atoms with E-state index in [0.29, 0.717) is 10.9 Å². The molecule has 1 heterocycles. The summed E-state index contributed by atoms with van der Waals surface area (Å²) < 4.78 is 58.4. The molecule has 1 aromatic heterocycles. The van der Waals surface area contributed by atoms with Gasteiger partial charge in [0.15, 0.2) is 5.82 Å². The Bertz CT molecular complexity index is 1610. The molecule has 0 saturated heterocycles. The van der Waals surface area contributed by atoms with Gasteiger partial charge in [0.1, 0.15) is 10.7 Å². The van der Waals surface area contributed by atoms with Crippen LogP contribution in [-0.4, -0.2) is 41.2 Å². The highest BCUT2D eigenvalue weighted by atomic mass is 35.5. The Kier molecular flexibility index (Phi) is 7.81. The van der Waals surface area contributed by atoms with Crippen molar-refractivity contribution in [2.24, 2.45) is 0 Å². The molecule has 0 radical (unpaired) electrons. The average Bonchev–Trinajstić information content (AvgIpc) is 2.86. The first kappa shape index (κ1) is 27.0. The van der Waals surface area contributed by atoms with Gasteiger partial charge in [0.2, 0.25) is 5.95 Å². The summed E-state index contributed by atoms with van der Waals surface area (Å²) >= 11 is 12.1. The fraction of sp³-hybridized carbons (Fsp3) is 0.167. The molecule has 0 saturated carbocycles. The van der Waals surface area contributed by atoms with Crippen LogP contribution in [0.3, 0.4) is 0 Å². The van der Waals surface area contributed by atoms with Crippen molar-refractivity contribution in [3.63, 3.8) is 0 Å². The van der Waals surface area contributed by atoms with Gasteiger partial charge in [0, 0.05) is 22.6 Å². The van der Waals surface area contributed by atoms with E-state index in [2.05, 4.69) is 20.0 Å². The van der Waals surface area contributed by atoms with Crippen LogP contribution in [-0.2, 0) is 16.6 Å². The number of nitrogens with one attached hydrogen (secondary N) is 2. The normalized spacial score (nSPS) is 12.5. The highest BCUT2D eigenvalue weighted by molar-refractivity contribution is 7.92. The molecule has 4 rings (SSSR count).